The number of halogens is 2. The van der Waals surface area contributed by atoms with Crippen LogP contribution in [-0.4, -0.2) is 0 Å². The molecule has 1 aromatic heterocycles. The first-order chi connectivity index (χ1) is 7.56. The molecule has 0 saturated heterocycles. The maximum atomic E-state index is 13.3. The van der Waals surface area contributed by atoms with Gasteiger partial charge < -0.3 is 4.74 Å². The first-order valence-corrected chi connectivity index (χ1v) is 5.95. The Hall–Kier alpha value is -1.06. The summed E-state index contributed by atoms with van der Waals surface area (Å²) in [4.78, 5) is 0.990. The van der Waals surface area contributed by atoms with Gasteiger partial charge in [-0.2, -0.15) is 0 Å². The Balaban J connectivity index is 2.23. The molecule has 0 fully saturated rings. The summed E-state index contributed by atoms with van der Waals surface area (Å²) in [6.45, 7) is 3.63. The third-order valence-corrected chi connectivity index (χ3v) is 3.63. The summed E-state index contributed by atoms with van der Waals surface area (Å²) in [7, 11) is 0. The van der Waals surface area contributed by atoms with Crippen molar-refractivity contribution in [3.63, 3.8) is 0 Å². The molecule has 0 spiro atoms. The molecule has 1 heterocycles. The summed E-state index contributed by atoms with van der Waals surface area (Å²) < 4.78 is 18.8. The summed E-state index contributed by atoms with van der Waals surface area (Å²) in [6, 6.07) is 6.53. The minimum absolute atomic E-state index is 0.267. The third kappa shape index (κ3) is 2.36. The standard InChI is InChI=1S/C12H10ClFOS/c1-7-3-4-9(5-11(7)14)15-12-6-10(13)8(2)16-12/h3-6H,1-2H3. The van der Waals surface area contributed by atoms with E-state index in [1.807, 2.05) is 6.92 Å². The lowest BCUT2D eigenvalue weighted by Gasteiger charge is -2.03. The number of hydrogen-bond acceptors (Lipinski definition) is 2. The van der Waals surface area contributed by atoms with Gasteiger partial charge in [-0.1, -0.05) is 17.7 Å². The van der Waals surface area contributed by atoms with E-state index in [0.717, 1.165) is 4.88 Å². The van der Waals surface area contributed by atoms with E-state index in [4.69, 9.17) is 16.3 Å². The van der Waals surface area contributed by atoms with Crippen LogP contribution in [0.5, 0.6) is 10.8 Å². The van der Waals surface area contributed by atoms with E-state index in [1.54, 1.807) is 25.1 Å². The van der Waals surface area contributed by atoms with Gasteiger partial charge in [0.25, 0.3) is 0 Å². The fourth-order valence-electron chi connectivity index (χ4n) is 1.24. The lowest BCUT2D eigenvalue weighted by Crippen LogP contribution is -1.85. The Kier molecular flexibility index (Phi) is 3.17. The van der Waals surface area contributed by atoms with Crippen molar-refractivity contribution in [1.29, 1.82) is 0 Å². The second-order valence-electron chi connectivity index (χ2n) is 3.48. The highest BCUT2D eigenvalue weighted by molar-refractivity contribution is 7.14. The molecule has 0 bridgehead atoms. The molecule has 2 rings (SSSR count). The third-order valence-electron chi connectivity index (χ3n) is 2.20. The number of ether oxygens (including phenoxy) is 1. The van der Waals surface area contributed by atoms with Crippen LogP contribution in [0.1, 0.15) is 10.4 Å². The zero-order valence-corrected chi connectivity index (χ0v) is 10.5. The van der Waals surface area contributed by atoms with Gasteiger partial charge >= 0.3 is 0 Å². The molecule has 0 aliphatic heterocycles. The molecule has 0 N–H and O–H groups in total. The predicted molar refractivity (Wildman–Crippen MR) is 65.3 cm³/mol. The minimum Gasteiger partial charge on any atom is -0.447 e. The largest absolute Gasteiger partial charge is 0.447 e. The molecule has 1 nitrogen and oxygen atoms in total. The van der Waals surface area contributed by atoms with E-state index >= 15 is 0 Å². The van der Waals surface area contributed by atoms with E-state index in [-0.39, 0.29) is 5.82 Å². The van der Waals surface area contributed by atoms with E-state index in [0.29, 0.717) is 21.4 Å². The number of benzene rings is 1. The minimum atomic E-state index is -0.267. The van der Waals surface area contributed by atoms with Crippen molar-refractivity contribution in [2.75, 3.05) is 0 Å². The van der Waals surface area contributed by atoms with Crippen molar-refractivity contribution in [2.24, 2.45) is 0 Å². The average Bonchev–Trinajstić information content (AvgIpc) is 2.52. The fourth-order valence-corrected chi connectivity index (χ4v) is 2.29. The van der Waals surface area contributed by atoms with Gasteiger partial charge in [-0.15, -0.1) is 11.3 Å². The van der Waals surface area contributed by atoms with Gasteiger partial charge in [0.2, 0.25) is 0 Å². The van der Waals surface area contributed by atoms with Crippen LogP contribution in [0.25, 0.3) is 0 Å². The molecule has 4 heteroatoms. The SMILES string of the molecule is Cc1ccc(Oc2cc(Cl)c(C)s2)cc1F. The Morgan fingerprint density at radius 3 is 2.56 bits per heavy atom. The fraction of sp³-hybridized carbons (Fsp3) is 0.167. The van der Waals surface area contributed by atoms with Gasteiger partial charge in [-0.25, -0.2) is 4.39 Å². The van der Waals surface area contributed by atoms with Crippen molar-refractivity contribution in [1.82, 2.24) is 0 Å². The van der Waals surface area contributed by atoms with E-state index in [9.17, 15) is 4.39 Å². The van der Waals surface area contributed by atoms with Gasteiger partial charge in [0.1, 0.15) is 11.6 Å². The maximum absolute atomic E-state index is 13.3. The van der Waals surface area contributed by atoms with Gasteiger partial charge in [-0.05, 0) is 25.5 Å². The molecule has 0 radical (unpaired) electrons. The van der Waals surface area contributed by atoms with Crippen LogP contribution >= 0.6 is 22.9 Å². The Bertz CT molecular complexity index is 502. The first-order valence-electron chi connectivity index (χ1n) is 4.76. The molecule has 84 valence electrons. The number of thiophene rings is 1. The smallest absolute Gasteiger partial charge is 0.182 e. The number of rotatable bonds is 2. The first kappa shape index (κ1) is 11.4. The predicted octanol–water partition coefficient (Wildman–Crippen LogP) is 4.95. The van der Waals surface area contributed by atoms with E-state index in [2.05, 4.69) is 0 Å². The molecule has 0 saturated carbocycles. The van der Waals surface area contributed by atoms with Gasteiger partial charge in [0.05, 0.1) is 5.02 Å². The Morgan fingerprint density at radius 2 is 2.00 bits per heavy atom. The van der Waals surface area contributed by atoms with Crippen LogP contribution in [0.2, 0.25) is 5.02 Å². The van der Waals surface area contributed by atoms with Crippen molar-refractivity contribution in [2.45, 2.75) is 13.8 Å². The van der Waals surface area contributed by atoms with Gasteiger partial charge in [-0.3, -0.25) is 0 Å². The molecule has 1 aromatic carbocycles. The Morgan fingerprint density at radius 1 is 1.25 bits per heavy atom. The highest BCUT2D eigenvalue weighted by atomic mass is 35.5. The average molecular weight is 257 g/mol. The van der Waals surface area contributed by atoms with Crippen LogP contribution in [0, 0.1) is 19.7 Å². The quantitative estimate of drug-likeness (QED) is 0.739. The highest BCUT2D eigenvalue weighted by Gasteiger charge is 2.06. The van der Waals surface area contributed by atoms with Crippen LogP contribution in [-0.2, 0) is 0 Å². The molecule has 0 amide bonds. The van der Waals surface area contributed by atoms with Crippen LogP contribution in [0.4, 0.5) is 4.39 Å². The molecular weight excluding hydrogens is 247 g/mol. The lowest BCUT2D eigenvalue weighted by molar-refractivity contribution is 0.489. The van der Waals surface area contributed by atoms with Crippen molar-refractivity contribution in [3.05, 3.63) is 45.5 Å². The molecule has 0 aliphatic rings. The second-order valence-corrected chi connectivity index (χ2v) is 5.11. The van der Waals surface area contributed by atoms with Crippen molar-refractivity contribution < 1.29 is 9.13 Å². The van der Waals surface area contributed by atoms with E-state index < -0.39 is 0 Å². The zero-order valence-electron chi connectivity index (χ0n) is 8.88. The number of hydrogen-bond donors (Lipinski definition) is 0. The summed E-state index contributed by atoms with van der Waals surface area (Å²) in [5.41, 5.74) is 0.604. The topological polar surface area (TPSA) is 9.23 Å². The van der Waals surface area contributed by atoms with Crippen molar-refractivity contribution in [3.8, 4) is 10.8 Å². The normalized spacial score (nSPS) is 10.5. The second kappa shape index (κ2) is 4.44. The van der Waals surface area contributed by atoms with Gasteiger partial charge in [0, 0.05) is 17.0 Å². The van der Waals surface area contributed by atoms with Crippen LogP contribution < -0.4 is 4.74 Å². The summed E-state index contributed by atoms with van der Waals surface area (Å²) in [6.07, 6.45) is 0. The molecule has 16 heavy (non-hydrogen) atoms. The summed E-state index contributed by atoms with van der Waals surface area (Å²) >= 11 is 7.35. The molecule has 0 unspecified atom stereocenters. The molecule has 0 atom stereocenters. The lowest BCUT2D eigenvalue weighted by atomic mass is 10.2. The molecule has 2 aromatic rings. The maximum Gasteiger partial charge on any atom is 0.182 e. The van der Waals surface area contributed by atoms with Gasteiger partial charge in [0.15, 0.2) is 5.06 Å². The Labute approximate surface area is 102 Å². The van der Waals surface area contributed by atoms with Crippen LogP contribution in [0.15, 0.2) is 24.3 Å². The van der Waals surface area contributed by atoms with Crippen molar-refractivity contribution >= 4 is 22.9 Å². The summed E-state index contributed by atoms with van der Waals surface area (Å²) in [5.74, 6) is 0.220. The summed E-state index contributed by atoms with van der Waals surface area (Å²) in [5, 5.41) is 1.35. The number of aryl methyl sites for hydroxylation is 2. The molecular formula is C12H10ClFOS. The monoisotopic (exact) mass is 256 g/mol. The highest BCUT2D eigenvalue weighted by Crippen LogP contribution is 2.35. The zero-order chi connectivity index (χ0) is 11.7. The molecule has 0 aliphatic carbocycles. The van der Waals surface area contributed by atoms with E-state index in [1.165, 1.54) is 17.4 Å². The van der Waals surface area contributed by atoms with Crippen LogP contribution in [0.3, 0.4) is 0 Å².